The van der Waals surface area contributed by atoms with E-state index in [9.17, 15) is 0 Å². The Hall–Kier alpha value is -0.179. The lowest BCUT2D eigenvalue weighted by Gasteiger charge is -2.16. The van der Waals surface area contributed by atoms with Gasteiger partial charge in [-0.3, -0.25) is 0 Å². The van der Waals surface area contributed by atoms with Crippen molar-refractivity contribution in [2.75, 3.05) is 0 Å². The first-order chi connectivity index (χ1) is 7.23. The topological polar surface area (TPSA) is 29.9 Å². The van der Waals surface area contributed by atoms with Gasteiger partial charge in [0.25, 0.3) is 0 Å². The lowest BCUT2D eigenvalue weighted by Crippen LogP contribution is -2.36. The fourth-order valence-corrected chi connectivity index (χ4v) is 7.58. The third-order valence-corrected chi connectivity index (χ3v) is 9.09. The first-order valence-electron chi connectivity index (χ1n) is 5.98. The monoisotopic (exact) mass is 273 g/mol. The maximum atomic E-state index is 3.99. The smallest absolute Gasteiger partial charge is 0.154 e. The molecule has 0 spiro atoms. The van der Waals surface area contributed by atoms with Crippen LogP contribution < -0.4 is 4.65 Å². The molecule has 3 nitrogen and oxygen atoms in total. The van der Waals surface area contributed by atoms with Gasteiger partial charge in [-0.1, -0.05) is 45.8 Å². The summed E-state index contributed by atoms with van der Waals surface area (Å²) in [6, 6.07) is 0. The summed E-state index contributed by atoms with van der Waals surface area (Å²) in [6.07, 6.45) is 5.76. The Morgan fingerprint density at radius 3 is 1.69 bits per heavy atom. The van der Waals surface area contributed by atoms with Gasteiger partial charge < -0.3 is 8.88 Å². The largest absolute Gasteiger partial charge is 0.365 e. The van der Waals surface area contributed by atoms with Gasteiger partial charge >= 0.3 is 0 Å². The van der Waals surface area contributed by atoms with Crippen molar-refractivity contribution in [2.24, 2.45) is 0 Å². The van der Waals surface area contributed by atoms with E-state index in [0.717, 1.165) is 0 Å². The number of imidazole rings is 1. The van der Waals surface area contributed by atoms with Crippen molar-refractivity contribution >= 4 is 26.2 Å². The predicted molar refractivity (Wildman–Crippen MR) is 81.9 cm³/mol. The van der Waals surface area contributed by atoms with E-state index in [-0.39, 0.29) is 0 Å². The van der Waals surface area contributed by atoms with Crippen molar-refractivity contribution in [2.45, 2.75) is 45.8 Å². The Morgan fingerprint density at radius 1 is 1.06 bits per heavy atom. The molecule has 0 aliphatic rings. The van der Waals surface area contributed by atoms with Crippen molar-refractivity contribution in [3.63, 3.8) is 0 Å². The van der Waals surface area contributed by atoms with Crippen molar-refractivity contribution < 1.29 is 0 Å². The van der Waals surface area contributed by atoms with Crippen LogP contribution in [0.3, 0.4) is 0 Å². The fraction of sp³-hybridized carbons (Fsp3) is 0.700. The Kier molecular flexibility index (Phi) is 7.13. The van der Waals surface area contributed by atoms with Crippen molar-refractivity contribution in [3.05, 3.63) is 18.7 Å². The van der Waals surface area contributed by atoms with Gasteiger partial charge in [-0.25, -0.2) is 4.98 Å². The summed E-state index contributed by atoms with van der Waals surface area (Å²) in [5.41, 5.74) is 0. The Bertz CT molecular complexity index is 259. The standard InChI is InChI=1S/C6H12N2Si.C4H15NSi2/c1-9(2,3)8-5-4-7-6-8;1-6(2)5-7(3)4/h4-6H,1-3H3;5-7H,1-4H3. The summed E-state index contributed by atoms with van der Waals surface area (Å²) in [5.74, 6) is 0. The molecule has 1 rings (SSSR count). The van der Waals surface area contributed by atoms with Gasteiger partial charge in [0.2, 0.25) is 0 Å². The Labute approximate surface area is 105 Å². The van der Waals surface area contributed by atoms with Gasteiger partial charge in [-0.05, 0) is 0 Å². The SMILES string of the molecule is C[SiH](C)N[SiH](C)C.C[Si](C)(C)n1ccnc1. The van der Waals surface area contributed by atoms with E-state index < -0.39 is 26.2 Å². The Balaban J connectivity index is 0.000000293. The van der Waals surface area contributed by atoms with E-state index in [4.69, 9.17) is 0 Å². The minimum Gasteiger partial charge on any atom is -0.365 e. The van der Waals surface area contributed by atoms with Gasteiger partial charge in [0, 0.05) is 12.4 Å². The van der Waals surface area contributed by atoms with Crippen molar-refractivity contribution in [1.82, 2.24) is 13.9 Å². The van der Waals surface area contributed by atoms with Crippen LogP contribution in [0.4, 0.5) is 0 Å². The molecule has 16 heavy (non-hydrogen) atoms. The molecule has 0 aliphatic heterocycles. The molecule has 0 bridgehead atoms. The van der Waals surface area contributed by atoms with Gasteiger partial charge in [-0.2, -0.15) is 0 Å². The molecule has 1 aromatic rings. The second-order valence-corrected chi connectivity index (χ2v) is 16.4. The number of nitrogens with zero attached hydrogens (tertiary/aromatic N) is 2. The second-order valence-electron chi connectivity index (χ2n) is 5.62. The zero-order chi connectivity index (χ0) is 12.8. The third kappa shape index (κ3) is 8.03. The van der Waals surface area contributed by atoms with Crippen LogP contribution in [0.5, 0.6) is 0 Å². The minimum absolute atomic E-state index is 0.417. The Morgan fingerprint density at radius 2 is 1.56 bits per heavy atom. The molecule has 0 fully saturated rings. The molecule has 1 heterocycles. The number of nitrogens with one attached hydrogen (secondary N) is 1. The van der Waals surface area contributed by atoms with E-state index in [2.05, 4.69) is 59.7 Å². The van der Waals surface area contributed by atoms with E-state index in [1.54, 1.807) is 0 Å². The van der Waals surface area contributed by atoms with Crippen LogP contribution in [0.2, 0.25) is 45.8 Å². The minimum atomic E-state index is -1.13. The molecule has 0 unspecified atom stereocenters. The highest BCUT2D eigenvalue weighted by Gasteiger charge is 2.13. The predicted octanol–water partition coefficient (Wildman–Crippen LogP) is 2.11. The quantitative estimate of drug-likeness (QED) is 0.855. The average molecular weight is 274 g/mol. The van der Waals surface area contributed by atoms with Gasteiger partial charge in [0.15, 0.2) is 8.24 Å². The molecule has 0 atom stereocenters. The summed E-state index contributed by atoms with van der Waals surface area (Å²) in [7, 11) is -1.96. The maximum Gasteiger partial charge on any atom is 0.154 e. The summed E-state index contributed by atoms with van der Waals surface area (Å²) >= 11 is 0. The molecule has 1 aromatic heterocycles. The average Bonchev–Trinajstić information content (AvgIpc) is 2.51. The van der Waals surface area contributed by atoms with Crippen LogP contribution in [0.15, 0.2) is 18.7 Å². The lowest BCUT2D eigenvalue weighted by atomic mass is 11.0. The van der Waals surface area contributed by atoms with Crippen molar-refractivity contribution in [1.29, 1.82) is 0 Å². The zero-order valence-electron chi connectivity index (χ0n) is 11.8. The third-order valence-electron chi connectivity index (χ3n) is 1.95. The highest BCUT2D eigenvalue weighted by Crippen LogP contribution is 2.03. The first kappa shape index (κ1) is 15.8. The van der Waals surface area contributed by atoms with Crippen LogP contribution in [0.1, 0.15) is 0 Å². The number of rotatable bonds is 3. The lowest BCUT2D eigenvalue weighted by molar-refractivity contribution is 1.12. The van der Waals surface area contributed by atoms with Crippen LogP contribution in [-0.2, 0) is 0 Å². The van der Waals surface area contributed by atoms with Crippen LogP contribution in [-0.4, -0.2) is 35.4 Å². The van der Waals surface area contributed by atoms with E-state index in [1.807, 2.05) is 18.7 Å². The molecule has 0 saturated carbocycles. The van der Waals surface area contributed by atoms with Crippen LogP contribution in [0, 0.1) is 0 Å². The van der Waals surface area contributed by atoms with E-state index >= 15 is 0 Å². The number of hydrogen-bond donors (Lipinski definition) is 1. The van der Waals surface area contributed by atoms with E-state index in [0.29, 0.717) is 0 Å². The molecule has 0 radical (unpaired) electrons. The molecular weight excluding hydrogens is 246 g/mol. The number of hydrogen-bond acceptors (Lipinski definition) is 2. The molecule has 0 amide bonds. The molecule has 6 heteroatoms. The maximum absolute atomic E-state index is 3.99. The summed E-state index contributed by atoms with van der Waals surface area (Å²) in [4.78, 5) is 3.99. The molecule has 1 N–H and O–H groups in total. The van der Waals surface area contributed by atoms with Crippen molar-refractivity contribution in [3.8, 4) is 0 Å². The molecule has 94 valence electrons. The highest BCUT2D eigenvalue weighted by molar-refractivity contribution is 6.74. The van der Waals surface area contributed by atoms with E-state index in [1.165, 1.54) is 0 Å². The summed E-state index contributed by atoms with van der Waals surface area (Å²) in [5, 5.41) is 0. The number of aromatic nitrogens is 2. The molecular formula is C10H27N3Si3. The first-order valence-corrected chi connectivity index (χ1v) is 15.2. The van der Waals surface area contributed by atoms with Gasteiger partial charge in [0.05, 0.1) is 24.2 Å². The highest BCUT2D eigenvalue weighted by atomic mass is 28.3. The van der Waals surface area contributed by atoms with Gasteiger partial charge in [0.1, 0.15) is 0 Å². The molecule has 0 saturated heterocycles. The van der Waals surface area contributed by atoms with Crippen LogP contribution in [0.25, 0.3) is 0 Å². The van der Waals surface area contributed by atoms with Crippen LogP contribution >= 0.6 is 0 Å². The molecule has 0 aliphatic carbocycles. The molecule has 0 aromatic carbocycles. The van der Waals surface area contributed by atoms with Gasteiger partial charge in [-0.15, -0.1) is 0 Å². The summed E-state index contributed by atoms with van der Waals surface area (Å²) in [6.45, 7) is 16.2. The zero-order valence-corrected chi connectivity index (χ0v) is 15.1. The summed E-state index contributed by atoms with van der Waals surface area (Å²) < 4.78 is 5.80. The second kappa shape index (κ2) is 7.21. The normalized spacial score (nSPS) is 11.6. The fourth-order valence-electron chi connectivity index (χ4n) is 1.32.